The van der Waals surface area contributed by atoms with E-state index in [1.54, 1.807) is 4.93 Å². The van der Waals surface area contributed by atoms with Gasteiger partial charge in [0.2, 0.25) is 0 Å². The van der Waals surface area contributed by atoms with Gasteiger partial charge in [0.1, 0.15) is 0 Å². The van der Waals surface area contributed by atoms with Gasteiger partial charge < -0.3 is 0 Å². The number of carbonyl (C=O) groups excluding carboxylic acids is 1. The van der Waals surface area contributed by atoms with Crippen LogP contribution in [0.3, 0.4) is 0 Å². The van der Waals surface area contributed by atoms with Crippen LogP contribution >= 0.6 is 27.6 Å². The number of hydrogen-bond acceptors (Lipinski definition) is 1. The topological polar surface area (TPSA) is 17.1 Å². The van der Waals surface area contributed by atoms with Crippen LogP contribution in [-0.4, -0.2) is 9.22 Å². The molecule has 0 N–H and O–H groups in total. The van der Waals surface area contributed by atoms with Crippen molar-refractivity contribution in [2.45, 2.75) is 0 Å². The predicted octanol–water partition coefficient (Wildman–Crippen LogP) is 1.47. The second-order valence-corrected chi connectivity index (χ2v) is 6.60. The van der Waals surface area contributed by atoms with Gasteiger partial charge in [-0.05, 0) is 0 Å². The number of hydrogen-bond donors (Lipinski definition) is 0. The zero-order valence-corrected chi connectivity index (χ0v) is 5.65. The Morgan fingerprint density at radius 1 is 2.00 bits per heavy atom. The molecule has 0 spiro atoms. The number of alkyl halides is 1. The Hall–Kier alpha value is 0.690. The summed E-state index contributed by atoms with van der Waals surface area (Å²) in [5, 5.41) is 0. The average Bonchev–Trinajstić information content (AvgIpc) is 1.38. The van der Waals surface area contributed by atoms with Crippen molar-refractivity contribution in [1.29, 1.82) is 0 Å². The van der Waals surface area contributed by atoms with E-state index in [1.165, 1.54) is 0 Å². The van der Waals surface area contributed by atoms with Crippen LogP contribution in [0.4, 0.5) is 0 Å². The molecule has 0 rings (SSSR count). The Kier molecular flexibility index (Phi) is 3.30. The van der Waals surface area contributed by atoms with Gasteiger partial charge >= 0.3 is 41.6 Å². The molecule has 0 aliphatic rings. The van der Waals surface area contributed by atoms with E-state index in [4.69, 9.17) is 8.91 Å². The molecule has 0 saturated carbocycles. The van der Waals surface area contributed by atoms with E-state index in [1.807, 2.05) is 0 Å². The molecule has 0 aliphatic carbocycles. The van der Waals surface area contributed by atoms with Crippen LogP contribution in [0.2, 0.25) is 0 Å². The average molecular weight is 206 g/mol. The van der Waals surface area contributed by atoms with Crippen molar-refractivity contribution >= 4 is 31.9 Å². The van der Waals surface area contributed by atoms with Crippen LogP contribution in [-0.2, 0) is 4.79 Å². The summed E-state index contributed by atoms with van der Waals surface area (Å²) in [4.78, 5) is 11.2. The summed E-state index contributed by atoms with van der Waals surface area (Å²) in [6, 6.07) is 0. The first-order chi connectivity index (χ1) is 2.27. The SMILES string of the molecule is CI(Cl)C=O. The Morgan fingerprint density at radius 2 is 2.20 bits per heavy atom. The van der Waals surface area contributed by atoms with Crippen molar-refractivity contribution in [3.8, 4) is 0 Å². The summed E-state index contributed by atoms with van der Waals surface area (Å²) >= 11 is -1.49. The molecular formula is C2H4ClIO. The standard InChI is InChI=1S/C2H4ClIO/c1-4(3)2-5/h2H,1H3. The van der Waals surface area contributed by atoms with Crippen LogP contribution in [0, 0.1) is 0 Å². The molecule has 3 heteroatoms. The maximum atomic E-state index is 9.44. The third kappa shape index (κ3) is 4.69. The molecule has 0 bridgehead atoms. The molecule has 0 amide bonds. The van der Waals surface area contributed by atoms with E-state index in [0.29, 0.717) is 0 Å². The molecule has 0 aromatic rings. The number of rotatable bonds is 1. The molecule has 0 atom stereocenters. The van der Waals surface area contributed by atoms with E-state index in [0.717, 1.165) is 4.29 Å². The van der Waals surface area contributed by atoms with Crippen molar-refractivity contribution in [2.24, 2.45) is 0 Å². The molecule has 0 saturated heterocycles. The van der Waals surface area contributed by atoms with Gasteiger partial charge in [-0.25, -0.2) is 0 Å². The molecule has 32 valence electrons. The fourth-order valence-electron chi connectivity index (χ4n) is 0. The molecular weight excluding hydrogens is 202 g/mol. The van der Waals surface area contributed by atoms with Crippen LogP contribution in [0.15, 0.2) is 0 Å². The Labute approximate surface area is 41.8 Å². The van der Waals surface area contributed by atoms with Crippen molar-refractivity contribution in [1.82, 2.24) is 0 Å². The summed E-state index contributed by atoms with van der Waals surface area (Å²) in [6.07, 6.45) is 0. The van der Waals surface area contributed by atoms with Gasteiger partial charge in [0.15, 0.2) is 0 Å². The molecule has 0 unspecified atom stereocenters. The van der Waals surface area contributed by atoms with E-state index in [-0.39, 0.29) is 0 Å². The molecule has 0 aliphatic heterocycles. The van der Waals surface area contributed by atoms with Crippen LogP contribution in [0.1, 0.15) is 0 Å². The quantitative estimate of drug-likeness (QED) is 0.275. The first kappa shape index (κ1) is 5.69. The first-order valence-corrected chi connectivity index (χ1v) is 7.11. The Morgan fingerprint density at radius 3 is 2.20 bits per heavy atom. The second-order valence-electron chi connectivity index (χ2n) is 0.533. The molecule has 5 heavy (non-hydrogen) atoms. The van der Waals surface area contributed by atoms with Gasteiger partial charge in [-0.2, -0.15) is 0 Å². The summed E-state index contributed by atoms with van der Waals surface area (Å²) in [5.74, 6) is 0. The number of halogens is 2. The van der Waals surface area contributed by atoms with Gasteiger partial charge in [-0.3, -0.25) is 0 Å². The molecule has 0 radical (unpaired) electrons. The van der Waals surface area contributed by atoms with Crippen molar-refractivity contribution in [3.63, 3.8) is 0 Å². The third-order valence-electron chi connectivity index (χ3n) is 0.123. The molecule has 0 heterocycles. The van der Waals surface area contributed by atoms with E-state index >= 15 is 0 Å². The van der Waals surface area contributed by atoms with E-state index < -0.39 is 18.7 Å². The summed E-state index contributed by atoms with van der Waals surface area (Å²) in [7, 11) is 5.25. The Bertz CT molecular complexity index is 36.6. The molecule has 0 aromatic heterocycles. The zero-order chi connectivity index (χ0) is 4.28. The zero-order valence-electron chi connectivity index (χ0n) is 2.74. The fourth-order valence-corrected chi connectivity index (χ4v) is 0. The molecule has 0 aromatic carbocycles. The summed E-state index contributed by atoms with van der Waals surface area (Å²) in [6.45, 7) is 0. The first-order valence-electron chi connectivity index (χ1n) is 0.975. The predicted molar refractivity (Wildman–Crippen MR) is 32.5 cm³/mol. The minimum absolute atomic E-state index is 0.839. The molecule has 0 fully saturated rings. The monoisotopic (exact) mass is 206 g/mol. The van der Waals surface area contributed by atoms with Crippen molar-refractivity contribution in [3.05, 3.63) is 0 Å². The van der Waals surface area contributed by atoms with E-state index in [2.05, 4.69) is 0 Å². The van der Waals surface area contributed by atoms with E-state index in [9.17, 15) is 4.79 Å². The second kappa shape index (κ2) is 2.90. The third-order valence-corrected chi connectivity index (χ3v) is 1.28. The van der Waals surface area contributed by atoms with Gasteiger partial charge in [-0.15, -0.1) is 0 Å². The maximum absolute atomic E-state index is 9.44. The minimum atomic E-state index is -1.49. The van der Waals surface area contributed by atoms with Gasteiger partial charge in [0, 0.05) is 0 Å². The molecule has 1 nitrogen and oxygen atoms in total. The van der Waals surface area contributed by atoms with Crippen LogP contribution in [0.25, 0.3) is 0 Å². The Balaban J connectivity index is 2.83. The van der Waals surface area contributed by atoms with Crippen LogP contribution in [0.5, 0.6) is 0 Å². The summed E-state index contributed by atoms with van der Waals surface area (Å²) < 4.78 is 0.839. The van der Waals surface area contributed by atoms with Gasteiger partial charge in [-0.1, -0.05) is 0 Å². The van der Waals surface area contributed by atoms with Gasteiger partial charge in [0.25, 0.3) is 0 Å². The normalized spacial score (nSPS) is 10.4. The number of carbonyl (C=O) groups is 1. The summed E-state index contributed by atoms with van der Waals surface area (Å²) in [5.41, 5.74) is 0. The van der Waals surface area contributed by atoms with Crippen LogP contribution < -0.4 is 0 Å². The van der Waals surface area contributed by atoms with Crippen molar-refractivity contribution in [2.75, 3.05) is 4.93 Å². The van der Waals surface area contributed by atoms with Crippen molar-refractivity contribution < 1.29 is 4.79 Å². The fraction of sp³-hybridized carbons (Fsp3) is 0.500. The van der Waals surface area contributed by atoms with Gasteiger partial charge in [0.05, 0.1) is 0 Å².